The molecule has 0 aliphatic rings. The number of benzene rings is 2. The van der Waals surface area contributed by atoms with Gasteiger partial charge in [-0.2, -0.15) is 0 Å². The first-order valence-corrected chi connectivity index (χ1v) is 8.38. The fourth-order valence-corrected chi connectivity index (χ4v) is 2.69. The maximum absolute atomic E-state index is 9.27. The van der Waals surface area contributed by atoms with Crippen LogP contribution in [0, 0.1) is 0 Å². The van der Waals surface area contributed by atoms with Gasteiger partial charge >= 0.3 is 0 Å². The lowest BCUT2D eigenvalue weighted by Crippen LogP contribution is -2.23. The molecule has 130 valence electrons. The number of nitrogens with one attached hydrogen (secondary N) is 1. The van der Waals surface area contributed by atoms with Crippen LogP contribution in [0.4, 0.5) is 0 Å². The molecule has 0 saturated heterocycles. The van der Waals surface area contributed by atoms with Crippen molar-refractivity contribution in [2.24, 2.45) is 0 Å². The molecule has 0 fully saturated rings. The van der Waals surface area contributed by atoms with Gasteiger partial charge in [0.25, 0.3) is 0 Å². The van der Waals surface area contributed by atoms with Crippen molar-refractivity contribution in [1.29, 1.82) is 0 Å². The van der Waals surface area contributed by atoms with Crippen molar-refractivity contribution in [2.75, 3.05) is 13.7 Å². The number of rotatable bonds is 8. The van der Waals surface area contributed by atoms with Crippen LogP contribution in [0.15, 0.2) is 36.4 Å². The average Bonchev–Trinajstić information content (AvgIpc) is 2.54. The number of methoxy groups -OCH3 is 1. The summed E-state index contributed by atoms with van der Waals surface area (Å²) in [6, 6.07) is 11.0. The second-order valence-corrected chi connectivity index (χ2v) is 6.27. The van der Waals surface area contributed by atoms with Crippen molar-refractivity contribution in [3.63, 3.8) is 0 Å². The minimum atomic E-state index is -0.380. The van der Waals surface area contributed by atoms with Gasteiger partial charge in [-0.1, -0.05) is 35.3 Å². The smallest absolute Gasteiger partial charge is 0.161 e. The highest BCUT2D eigenvalue weighted by atomic mass is 35.5. The second-order valence-electron chi connectivity index (χ2n) is 5.45. The molecule has 1 unspecified atom stereocenters. The number of aliphatic hydroxyl groups excluding tert-OH is 1. The summed E-state index contributed by atoms with van der Waals surface area (Å²) in [7, 11) is 1.59. The van der Waals surface area contributed by atoms with Gasteiger partial charge in [0.15, 0.2) is 11.5 Å². The van der Waals surface area contributed by atoms with E-state index in [4.69, 9.17) is 32.7 Å². The van der Waals surface area contributed by atoms with Crippen molar-refractivity contribution in [3.8, 4) is 11.5 Å². The zero-order chi connectivity index (χ0) is 17.5. The van der Waals surface area contributed by atoms with Crippen molar-refractivity contribution < 1.29 is 14.6 Å². The van der Waals surface area contributed by atoms with Crippen LogP contribution in [-0.2, 0) is 13.2 Å². The summed E-state index contributed by atoms with van der Waals surface area (Å²) < 4.78 is 11.2. The van der Waals surface area contributed by atoms with E-state index in [9.17, 15) is 5.11 Å². The first-order chi connectivity index (χ1) is 11.5. The molecule has 24 heavy (non-hydrogen) atoms. The van der Waals surface area contributed by atoms with E-state index in [-0.39, 0.29) is 12.7 Å². The Morgan fingerprint density at radius 2 is 1.83 bits per heavy atom. The monoisotopic (exact) mass is 369 g/mol. The summed E-state index contributed by atoms with van der Waals surface area (Å²) in [5.74, 6) is 1.25. The van der Waals surface area contributed by atoms with Gasteiger partial charge in [-0.15, -0.1) is 0 Å². The third-order valence-electron chi connectivity index (χ3n) is 3.43. The fourth-order valence-electron chi connectivity index (χ4n) is 2.19. The van der Waals surface area contributed by atoms with Gasteiger partial charge in [0.1, 0.15) is 6.61 Å². The predicted octanol–water partition coefficient (Wildman–Crippen LogP) is 4.05. The molecular formula is C18H21Cl2NO3. The summed E-state index contributed by atoms with van der Waals surface area (Å²) in [5.41, 5.74) is 1.78. The quantitative estimate of drug-likeness (QED) is 0.736. The fraction of sp³-hybridized carbons (Fsp3) is 0.333. The van der Waals surface area contributed by atoms with Gasteiger partial charge in [0, 0.05) is 28.7 Å². The first-order valence-electron chi connectivity index (χ1n) is 7.62. The van der Waals surface area contributed by atoms with Crippen molar-refractivity contribution in [1.82, 2.24) is 5.32 Å². The molecule has 6 heteroatoms. The van der Waals surface area contributed by atoms with Gasteiger partial charge in [-0.05, 0) is 36.8 Å². The van der Waals surface area contributed by atoms with E-state index in [1.807, 2.05) is 18.2 Å². The molecule has 0 aromatic heterocycles. The summed E-state index contributed by atoms with van der Waals surface area (Å²) in [4.78, 5) is 0. The largest absolute Gasteiger partial charge is 0.493 e. The zero-order valence-corrected chi connectivity index (χ0v) is 15.2. The van der Waals surface area contributed by atoms with Crippen LogP contribution in [0.1, 0.15) is 18.1 Å². The van der Waals surface area contributed by atoms with Gasteiger partial charge in [-0.3, -0.25) is 0 Å². The average molecular weight is 370 g/mol. The Kier molecular flexibility index (Phi) is 7.18. The lowest BCUT2D eigenvalue weighted by Gasteiger charge is -2.14. The zero-order valence-electron chi connectivity index (χ0n) is 13.7. The Bertz CT molecular complexity index is 657. The minimum Gasteiger partial charge on any atom is -0.493 e. The van der Waals surface area contributed by atoms with E-state index in [0.717, 1.165) is 11.1 Å². The SMILES string of the molecule is COc1cc(CNCC(C)O)ccc1OCc1c(Cl)cccc1Cl. The molecule has 0 amide bonds. The number of hydrogen-bond acceptors (Lipinski definition) is 4. The number of halogens is 2. The maximum Gasteiger partial charge on any atom is 0.161 e. The third kappa shape index (κ3) is 5.28. The van der Waals surface area contributed by atoms with Gasteiger partial charge in [-0.25, -0.2) is 0 Å². The normalized spacial score (nSPS) is 12.0. The Balaban J connectivity index is 2.05. The molecular weight excluding hydrogens is 349 g/mol. The second kappa shape index (κ2) is 9.14. The number of aliphatic hydroxyl groups is 1. The lowest BCUT2D eigenvalue weighted by atomic mass is 10.2. The highest BCUT2D eigenvalue weighted by Gasteiger charge is 2.10. The topological polar surface area (TPSA) is 50.7 Å². The van der Waals surface area contributed by atoms with Gasteiger partial charge in [0.05, 0.1) is 13.2 Å². The van der Waals surface area contributed by atoms with E-state index >= 15 is 0 Å². The molecule has 2 rings (SSSR count). The lowest BCUT2D eigenvalue weighted by molar-refractivity contribution is 0.191. The van der Waals surface area contributed by atoms with Crippen molar-refractivity contribution in [3.05, 3.63) is 57.6 Å². The molecule has 0 heterocycles. The molecule has 4 nitrogen and oxygen atoms in total. The first kappa shape index (κ1) is 18.9. The van der Waals surface area contributed by atoms with Crippen molar-refractivity contribution in [2.45, 2.75) is 26.2 Å². The number of ether oxygens (including phenoxy) is 2. The van der Waals surface area contributed by atoms with E-state index in [0.29, 0.717) is 34.6 Å². The van der Waals surface area contributed by atoms with Crippen LogP contribution < -0.4 is 14.8 Å². The highest BCUT2D eigenvalue weighted by molar-refractivity contribution is 6.35. The van der Waals surface area contributed by atoms with Gasteiger partial charge in [0.2, 0.25) is 0 Å². The summed E-state index contributed by atoms with van der Waals surface area (Å²) in [5, 5.41) is 13.6. The predicted molar refractivity (Wildman–Crippen MR) is 97.2 cm³/mol. The standard InChI is InChI=1S/C18H21Cl2NO3/c1-12(22)9-21-10-13-6-7-17(18(8-13)23-2)24-11-14-15(19)4-3-5-16(14)20/h3-8,12,21-22H,9-11H2,1-2H3. The maximum atomic E-state index is 9.27. The minimum absolute atomic E-state index is 0.258. The van der Waals surface area contributed by atoms with E-state index in [1.54, 1.807) is 32.2 Å². The molecule has 0 aliphatic carbocycles. The van der Waals surface area contributed by atoms with E-state index in [2.05, 4.69) is 5.32 Å². The summed E-state index contributed by atoms with van der Waals surface area (Å²) in [6.07, 6.45) is -0.380. The van der Waals surface area contributed by atoms with Crippen LogP contribution in [0.2, 0.25) is 10.0 Å². The van der Waals surface area contributed by atoms with E-state index < -0.39 is 0 Å². The molecule has 0 spiro atoms. The molecule has 1 atom stereocenters. The third-order valence-corrected chi connectivity index (χ3v) is 4.14. The molecule has 0 bridgehead atoms. The summed E-state index contributed by atoms with van der Waals surface area (Å²) in [6.45, 7) is 3.17. The van der Waals surface area contributed by atoms with Gasteiger partial charge < -0.3 is 19.9 Å². The Labute approximate surface area is 152 Å². The molecule has 2 aromatic rings. The van der Waals surface area contributed by atoms with Crippen LogP contribution >= 0.6 is 23.2 Å². The molecule has 0 radical (unpaired) electrons. The van der Waals surface area contributed by atoms with Crippen LogP contribution in [0.25, 0.3) is 0 Å². The van der Waals surface area contributed by atoms with Crippen LogP contribution in [-0.4, -0.2) is 24.9 Å². The molecule has 0 aliphatic heterocycles. The summed E-state index contributed by atoms with van der Waals surface area (Å²) >= 11 is 12.3. The molecule has 0 saturated carbocycles. The Morgan fingerprint density at radius 1 is 1.12 bits per heavy atom. The number of hydrogen-bond donors (Lipinski definition) is 2. The molecule has 2 aromatic carbocycles. The van der Waals surface area contributed by atoms with Crippen LogP contribution in [0.5, 0.6) is 11.5 Å². The highest BCUT2D eigenvalue weighted by Crippen LogP contribution is 2.31. The van der Waals surface area contributed by atoms with Crippen molar-refractivity contribution >= 4 is 23.2 Å². The van der Waals surface area contributed by atoms with Crippen LogP contribution in [0.3, 0.4) is 0 Å². The Hall–Kier alpha value is -1.46. The van der Waals surface area contributed by atoms with E-state index in [1.165, 1.54) is 0 Å². The molecule has 2 N–H and O–H groups in total. The Morgan fingerprint density at radius 3 is 2.46 bits per heavy atom.